The lowest BCUT2D eigenvalue weighted by atomic mass is 9.64. The molecule has 1 fully saturated rings. The molecule has 1 saturated heterocycles. The molecule has 1 unspecified atom stereocenters. The highest BCUT2D eigenvalue weighted by Crippen LogP contribution is 2.45. The van der Waals surface area contributed by atoms with Gasteiger partial charge >= 0.3 is 0 Å². The summed E-state index contributed by atoms with van der Waals surface area (Å²) in [6.45, 7) is 3.40. The third-order valence-electron chi connectivity index (χ3n) is 7.07. The summed E-state index contributed by atoms with van der Waals surface area (Å²) in [5, 5.41) is 9.60. The van der Waals surface area contributed by atoms with Crippen LogP contribution in [-0.4, -0.2) is 48.8 Å². The molecule has 1 heterocycles. The standard InChI is InChI=1S/C28H32N2O3/c1-30(17-9-19-33-26-15-8-14-25(31)20-26)18-16-24(21-30)28(27(29)32,22-10-4-2-5-11-22)23-12-6-3-7-13-23/h2-8,10-15,20,24H,9,16-19,21H2,1H3,(H2-,29,31,32)/p+1/t24?,30-/m1/s1. The predicted molar refractivity (Wildman–Crippen MR) is 130 cm³/mol. The lowest BCUT2D eigenvalue weighted by Gasteiger charge is -2.38. The predicted octanol–water partition coefficient (Wildman–Crippen LogP) is 4.10. The van der Waals surface area contributed by atoms with Crippen LogP contribution in [0, 0.1) is 5.92 Å². The summed E-state index contributed by atoms with van der Waals surface area (Å²) in [5.74, 6) is 0.707. The van der Waals surface area contributed by atoms with Gasteiger partial charge in [0.25, 0.3) is 0 Å². The van der Waals surface area contributed by atoms with Crippen molar-refractivity contribution in [1.82, 2.24) is 0 Å². The lowest BCUT2D eigenvalue weighted by molar-refractivity contribution is -0.899. The average molecular weight is 446 g/mol. The smallest absolute Gasteiger partial charge is 0.233 e. The number of phenols is 1. The minimum absolute atomic E-state index is 0.108. The van der Waals surface area contributed by atoms with E-state index in [-0.39, 0.29) is 17.6 Å². The van der Waals surface area contributed by atoms with E-state index in [9.17, 15) is 9.90 Å². The molecule has 0 saturated carbocycles. The van der Waals surface area contributed by atoms with Gasteiger partial charge in [0.2, 0.25) is 5.91 Å². The first-order valence-electron chi connectivity index (χ1n) is 11.6. The van der Waals surface area contributed by atoms with Crippen molar-refractivity contribution < 1.29 is 19.1 Å². The molecule has 0 radical (unpaired) electrons. The average Bonchev–Trinajstić information content (AvgIpc) is 3.21. The number of hydrogen-bond donors (Lipinski definition) is 2. The second kappa shape index (κ2) is 9.67. The van der Waals surface area contributed by atoms with Crippen molar-refractivity contribution >= 4 is 5.91 Å². The van der Waals surface area contributed by atoms with Crippen molar-refractivity contribution in [1.29, 1.82) is 0 Å². The number of amides is 1. The number of rotatable bonds is 9. The molecule has 0 bridgehead atoms. The molecular formula is C28H33N2O3+. The first kappa shape index (κ1) is 22.9. The summed E-state index contributed by atoms with van der Waals surface area (Å²) in [7, 11) is 2.26. The van der Waals surface area contributed by atoms with Crippen LogP contribution in [0.15, 0.2) is 84.9 Å². The number of benzene rings is 3. The molecule has 3 aromatic rings. The SMILES string of the molecule is C[N@@+]1(CCCOc2cccc(O)c2)CCC(C(C(N)=O)(c2ccccc2)c2ccccc2)C1. The molecule has 2 atom stereocenters. The fraction of sp³-hybridized carbons (Fsp3) is 0.321. The number of phenolic OH excluding ortho intramolecular Hbond substituents is 1. The molecule has 1 amide bonds. The fourth-order valence-corrected chi connectivity index (χ4v) is 5.47. The molecule has 4 rings (SSSR count). The van der Waals surface area contributed by atoms with Gasteiger partial charge in [-0.15, -0.1) is 0 Å². The van der Waals surface area contributed by atoms with E-state index in [2.05, 4.69) is 7.05 Å². The number of hydrogen-bond acceptors (Lipinski definition) is 3. The third-order valence-corrected chi connectivity index (χ3v) is 7.07. The number of aromatic hydroxyl groups is 1. The Kier molecular flexibility index (Phi) is 6.70. The van der Waals surface area contributed by atoms with E-state index in [0.717, 1.165) is 48.1 Å². The first-order chi connectivity index (χ1) is 15.9. The molecule has 5 heteroatoms. The summed E-state index contributed by atoms with van der Waals surface area (Å²) in [6, 6.07) is 26.9. The van der Waals surface area contributed by atoms with E-state index < -0.39 is 5.41 Å². The van der Waals surface area contributed by atoms with E-state index >= 15 is 0 Å². The van der Waals surface area contributed by atoms with Gasteiger partial charge in [-0.2, -0.15) is 0 Å². The van der Waals surface area contributed by atoms with Gasteiger partial charge in [0.1, 0.15) is 16.9 Å². The van der Waals surface area contributed by atoms with Crippen molar-refractivity contribution in [2.24, 2.45) is 11.7 Å². The highest BCUT2D eigenvalue weighted by Gasteiger charge is 2.53. The number of nitrogens with two attached hydrogens (primary N) is 1. The molecule has 172 valence electrons. The van der Waals surface area contributed by atoms with Gasteiger partial charge in [-0.05, 0) is 23.3 Å². The van der Waals surface area contributed by atoms with Crippen LogP contribution in [0.3, 0.4) is 0 Å². The zero-order valence-corrected chi connectivity index (χ0v) is 19.2. The van der Waals surface area contributed by atoms with Gasteiger partial charge in [0, 0.05) is 24.8 Å². The summed E-state index contributed by atoms with van der Waals surface area (Å²) in [4.78, 5) is 13.2. The number of likely N-dealkylation sites (tertiary alicyclic amines) is 1. The van der Waals surface area contributed by atoms with Crippen molar-refractivity contribution in [2.75, 3.05) is 33.3 Å². The molecule has 33 heavy (non-hydrogen) atoms. The Morgan fingerprint density at radius 2 is 1.67 bits per heavy atom. The molecule has 0 aromatic heterocycles. The molecule has 3 N–H and O–H groups in total. The molecule has 0 spiro atoms. The number of carbonyl (C=O) groups is 1. The Labute approximate surface area is 196 Å². The van der Waals surface area contributed by atoms with Crippen LogP contribution in [0.4, 0.5) is 0 Å². The summed E-state index contributed by atoms with van der Waals surface area (Å²) < 4.78 is 6.70. The Morgan fingerprint density at radius 1 is 1.03 bits per heavy atom. The third kappa shape index (κ3) is 4.74. The van der Waals surface area contributed by atoms with E-state index in [1.165, 1.54) is 0 Å². The highest BCUT2D eigenvalue weighted by molar-refractivity contribution is 5.91. The monoisotopic (exact) mass is 445 g/mol. The Balaban J connectivity index is 1.52. The Hall–Kier alpha value is -3.31. The molecule has 3 aromatic carbocycles. The zero-order valence-electron chi connectivity index (χ0n) is 19.2. The number of primary amides is 1. The van der Waals surface area contributed by atoms with Crippen LogP contribution >= 0.6 is 0 Å². The lowest BCUT2D eigenvalue weighted by Crippen LogP contribution is -2.51. The van der Waals surface area contributed by atoms with Gasteiger partial charge < -0.3 is 20.1 Å². The molecular weight excluding hydrogens is 412 g/mol. The Bertz CT molecular complexity index is 1030. The van der Waals surface area contributed by atoms with Crippen LogP contribution in [0.5, 0.6) is 11.5 Å². The molecule has 5 nitrogen and oxygen atoms in total. The van der Waals surface area contributed by atoms with Gasteiger partial charge in [0.05, 0.1) is 33.3 Å². The Morgan fingerprint density at radius 3 is 2.24 bits per heavy atom. The van der Waals surface area contributed by atoms with Gasteiger partial charge in [-0.3, -0.25) is 4.79 Å². The minimum Gasteiger partial charge on any atom is -0.508 e. The maximum atomic E-state index is 13.2. The summed E-state index contributed by atoms with van der Waals surface area (Å²) >= 11 is 0. The summed E-state index contributed by atoms with van der Waals surface area (Å²) in [6.07, 6.45) is 1.82. The second-order valence-corrected chi connectivity index (χ2v) is 9.34. The minimum atomic E-state index is -0.851. The van der Waals surface area contributed by atoms with Gasteiger partial charge in [-0.25, -0.2) is 0 Å². The zero-order chi connectivity index (χ0) is 23.3. The fourth-order valence-electron chi connectivity index (χ4n) is 5.47. The van der Waals surface area contributed by atoms with Crippen LogP contribution in [0.1, 0.15) is 24.0 Å². The molecule has 0 aliphatic carbocycles. The summed E-state index contributed by atoms with van der Waals surface area (Å²) in [5.41, 5.74) is 7.30. The van der Waals surface area contributed by atoms with Crippen molar-refractivity contribution in [2.45, 2.75) is 18.3 Å². The van der Waals surface area contributed by atoms with Crippen LogP contribution in [-0.2, 0) is 10.2 Å². The van der Waals surface area contributed by atoms with E-state index in [1.807, 2.05) is 66.7 Å². The molecule has 1 aliphatic rings. The first-order valence-corrected chi connectivity index (χ1v) is 11.6. The molecule has 1 aliphatic heterocycles. The van der Waals surface area contributed by atoms with Crippen molar-refractivity contribution in [3.05, 3.63) is 96.1 Å². The van der Waals surface area contributed by atoms with E-state index in [4.69, 9.17) is 10.5 Å². The number of quaternary nitrogens is 1. The van der Waals surface area contributed by atoms with Gasteiger partial charge in [-0.1, -0.05) is 66.7 Å². The quantitative estimate of drug-likeness (QED) is 0.385. The maximum absolute atomic E-state index is 13.2. The van der Waals surface area contributed by atoms with E-state index in [1.54, 1.807) is 18.2 Å². The maximum Gasteiger partial charge on any atom is 0.233 e. The normalized spacial score (nSPS) is 20.5. The second-order valence-electron chi connectivity index (χ2n) is 9.34. The van der Waals surface area contributed by atoms with Crippen LogP contribution < -0.4 is 10.5 Å². The number of carbonyl (C=O) groups excluding carboxylic acids is 1. The number of ether oxygens (including phenoxy) is 1. The largest absolute Gasteiger partial charge is 0.508 e. The van der Waals surface area contributed by atoms with E-state index in [0.29, 0.717) is 12.4 Å². The van der Waals surface area contributed by atoms with Crippen LogP contribution in [0.2, 0.25) is 0 Å². The highest BCUT2D eigenvalue weighted by atomic mass is 16.5. The topological polar surface area (TPSA) is 72.6 Å². The van der Waals surface area contributed by atoms with Crippen molar-refractivity contribution in [3.8, 4) is 11.5 Å². The number of nitrogens with zero attached hydrogens (tertiary/aromatic N) is 1. The van der Waals surface area contributed by atoms with Crippen molar-refractivity contribution in [3.63, 3.8) is 0 Å². The van der Waals surface area contributed by atoms with Gasteiger partial charge in [0.15, 0.2) is 0 Å². The van der Waals surface area contributed by atoms with Crippen LogP contribution in [0.25, 0.3) is 0 Å².